The molecule has 0 aliphatic heterocycles. The van der Waals surface area contributed by atoms with Gasteiger partial charge in [-0.15, -0.1) is 0 Å². The SMILES string of the molecule is CCn1nc(C)c(Cl)c1C(=O)Nc1cccc(C(F)(F)F)c1. The average molecular weight is 332 g/mol. The van der Waals surface area contributed by atoms with Crippen molar-refractivity contribution in [3.63, 3.8) is 0 Å². The van der Waals surface area contributed by atoms with E-state index in [-0.39, 0.29) is 16.4 Å². The summed E-state index contributed by atoms with van der Waals surface area (Å²) in [7, 11) is 0. The first-order chi connectivity index (χ1) is 10.2. The molecule has 0 radical (unpaired) electrons. The van der Waals surface area contributed by atoms with Crippen LogP contribution in [-0.2, 0) is 12.7 Å². The minimum absolute atomic E-state index is 0.0393. The van der Waals surface area contributed by atoms with Gasteiger partial charge in [0.1, 0.15) is 5.69 Å². The Kier molecular flexibility index (Phi) is 4.46. The minimum Gasteiger partial charge on any atom is -0.321 e. The summed E-state index contributed by atoms with van der Waals surface area (Å²) in [5.74, 6) is -0.605. The standard InChI is InChI=1S/C14H13ClF3N3O/c1-3-21-12(11(15)8(2)20-21)13(22)19-10-6-4-5-9(7-10)14(16,17)18/h4-7H,3H2,1-2H3,(H,19,22). The first-order valence-electron chi connectivity index (χ1n) is 6.45. The molecule has 1 aromatic heterocycles. The van der Waals surface area contributed by atoms with Gasteiger partial charge in [0, 0.05) is 12.2 Å². The number of hydrogen-bond acceptors (Lipinski definition) is 2. The van der Waals surface area contributed by atoms with Gasteiger partial charge in [0.15, 0.2) is 0 Å². The highest BCUT2D eigenvalue weighted by Gasteiger charge is 2.30. The van der Waals surface area contributed by atoms with E-state index in [1.54, 1.807) is 13.8 Å². The van der Waals surface area contributed by atoms with Gasteiger partial charge in [-0.1, -0.05) is 17.7 Å². The Morgan fingerprint density at radius 3 is 2.68 bits per heavy atom. The van der Waals surface area contributed by atoms with E-state index in [0.717, 1.165) is 12.1 Å². The van der Waals surface area contributed by atoms with Crippen LogP contribution in [0.2, 0.25) is 5.02 Å². The molecule has 1 aromatic carbocycles. The number of carbonyl (C=O) groups is 1. The lowest BCUT2D eigenvalue weighted by Crippen LogP contribution is -2.18. The van der Waals surface area contributed by atoms with Gasteiger partial charge < -0.3 is 5.32 Å². The molecule has 2 rings (SSSR count). The van der Waals surface area contributed by atoms with E-state index >= 15 is 0 Å². The van der Waals surface area contributed by atoms with Gasteiger partial charge in [-0.05, 0) is 32.0 Å². The molecule has 2 aromatic rings. The second-order valence-electron chi connectivity index (χ2n) is 4.60. The summed E-state index contributed by atoms with van der Waals surface area (Å²) in [6.07, 6.45) is -4.47. The van der Waals surface area contributed by atoms with Crippen molar-refractivity contribution >= 4 is 23.2 Å². The summed E-state index contributed by atoms with van der Waals surface area (Å²) in [4.78, 5) is 12.3. The molecule has 8 heteroatoms. The molecule has 0 saturated carbocycles. The van der Waals surface area contributed by atoms with Crippen LogP contribution < -0.4 is 5.32 Å². The molecule has 0 spiro atoms. The molecule has 0 aliphatic carbocycles. The zero-order chi connectivity index (χ0) is 16.5. The third-order valence-corrected chi connectivity index (χ3v) is 3.47. The number of aryl methyl sites for hydroxylation is 2. The van der Waals surface area contributed by atoms with E-state index in [9.17, 15) is 18.0 Å². The minimum atomic E-state index is -4.47. The lowest BCUT2D eigenvalue weighted by Gasteiger charge is -2.10. The summed E-state index contributed by atoms with van der Waals surface area (Å²) in [5.41, 5.74) is -0.189. The van der Waals surface area contributed by atoms with Crippen LogP contribution in [0.3, 0.4) is 0 Å². The van der Waals surface area contributed by atoms with E-state index in [1.165, 1.54) is 16.8 Å². The number of benzene rings is 1. The lowest BCUT2D eigenvalue weighted by molar-refractivity contribution is -0.137. The quantitative estimate of drug-likeness (QED) is 0.919. The number of amides is 1. The van der Waals surface area contributed by atoms with Crippen molar-refractivity contribution in [1.29, 1.82) is 0 Å². The van der Waals surface area contributed by atoms with Crippen LogP contribution in [0, 0.1) is 6.92 Å². The molecule has 0 unspecified atom stereocenters. The average Bonchev–Trinajstić information content (AvgIpc) is 2.73. The molecule has 4 nitrogen and oxygen atoms in total. The molecule has 1 amide bonds. The van der Waals surface area contributed by atoms with E-state index < -0.39 is 17.6 Å². The molecule has 0 bridgehead atoms. The fourth-order valence-electron chi connectivity index (χ4n) is 1.97. The van der Waals surface area contributed by atoms with E-state index in [2.05, 4.69) is 10.4 Å². The highest BCUT2D eigenvalue weighted by molar-refractivity contribution is 6.34. The smallest absolute Gasteiger partial charge is 0.321 e. The second-order valence-corrected chi connectivity index (χ2v) is 4.97. The van der Waals surface area contributed by atoms with Gasteiger partial charge >= 0.3 is 6.18 Å². The molecular weight excluding hydrogens is 319 g/mol. The molecule has 0 aliphatic rings. The Bertz CT molecular complexity index is 710. The zero-order valence-corrected chi connectivity index (χ0v) is 12.6. The van der Waals surface area contributed by atoms with Crippen LogP contribution in [0.25, 0.3) is 0 Å². The summed E-state index contributed by atoms with van der Waals surface area (Å²) >= 11 is 6.03. The van der Waals surface area contributed by atoms with Gasteiger partial charge in [0.2, 0.25) is 0 Å². The van der Waals surface area contributed by atoms with E-state index in [4.69, 9.17) is 11.6 Å². The monoisotopic (exact) mass is 331 g/mol. The zero-order valence-electron chi connectivity index (χ0n) is 11.8. The number of nitrogens with zero attached hydrogens (tertiary/aromatic N) is 2. The van der Waals surface area contributed by atoms with Crippen molar-refractivity contribution in [1.82, 2.24) is 9.78 Å². The van der Waals surface area contributed by atoms with Crippen LogP contribution in [-0.4, -0.2) is 15.7 Å². The topological polar surface area (TPSA) is 46.9 Å². The molecule has 22 heavy (non-hydrogen) atoms. The van der Waals surface area contributed by atoms with Crippen LogP contribution in [0.15, 0.2) is 24.3 Å². The maximum absolute atomic E-state index is 12.7. The van der Waals surface area contributed by atoms with Gasteiger partial charge in [-0.25, -0.2) is 0 Å². The Morgan fingerprint density at radius 1 is 1.41 bits per heavy atom. The number of anilines is 1. The van der Waals surface area contributed by atoms with Gasteiger partial charge in [-0.3, -0.25) is 9.48 Å². The maximum atomic E-state index is 12.7. The second kappa shape index (κ2) is 6.00. The summed E-state index contributed by atoms with van der Waals surface area (Å²) < 4.78 is 39.4. The van der Waals surface area contributed by atoms with Crippen molar-refractivity contribution in [2.45, 2.75) is 26.6 Å². The molecule has 0 atom stereocenters. The lowest BCUT2D eigenvalue weighted by atomic mass is 10.2. The van der Waals surface area contributed by atoms with Crippen LogP contribution in [0.4, 0.5) is 18.9 Å². The Hall–Kier alpha value is -2.02. The number of rotatable bonds is 3. The number of carbonyl (C=O) groups excluding carboxylic acids is 1. The first-order valence-corrected chi connectivity index (χ1v) is 6.83. The molecular formula is C14H13ClF3N3O. The summed E-state index contributed by atoms with van der Waals surface area (Å²) in [6.45, 7) is 3.85. The van der Waals surface area contributed by atoms with E-state index in [1.807, 2.05) is 0 Å². The van der Waals surface area contributed by atoms with Gasteiger partial charge in [0.05, 0.1) is 16.3 Å². The third-order valence-electron chi connectivity index (χ3n) is 3.02. The van der Waals surface area contributed by atoms with Gasteiger partial charge in [-0.2, -0.15) is 18.3 Å². The maximum Gasteiger partial charge on any atom is 0.416 e. The van der Waals surface area contributed by atoms with Crippen LogP contribution in [0.5, 0.6) is 0 Å². The van der Waals surface area contributed by atoms with Crippen molar-refractivity contribution in [3.05, 3.63) is 46.2 Å². The number of hydrogen-bond donors (Lipinski definition) is 1. The van der Waals surface area contributed by atoms with Gasteiger partial charge in [0.25, 0.3) is 5.91 Å². The predicted molar refractivity (Wildman–Crippen MR) is 77.0 cm³/mol. The van der Waals surface area contributed by atoms with Crippen LogP contribution in [0.1, 0.15) is 28.7 Å². The molecule has 1 N–H and O–H groups in total. The van der Waals surface area contributed by atoms with Crippen molar-refractivity contribution in [3.8, 4) is 0 Å². The molecule has 1 heterocycles. The molecule has 0 saturated heterocycles. The van der Waals surface area contributed by atoms with Crippen molar-refractivity contribution < 1.29 is 18.0 Å². The van der Waals surface area contributed by atoms with Crippen LogP contribution >= 0.6 is 11.6 Å². The highest BCUT2D eigenvalue weighted by Crippen LogP contribution is 2.31. The summed E-state index contributed by atoms with van der Waals surface area (Å²) in [5, 5.41) is 6.69. The highest BCUT2D eigenvalue weighted by atomic mass is 35.5. The third kappa shape index (κ3) is 3.24. The predicted octanol–water partition coefficient (Wildman–Crippen LogP) is 4.14. The fourth-order valence-corrected chi connectivity index (χ4v) is 2.19. The fraction of sp³-hybridized carbons (Fsp3) is 0.286. The molecule has 0 fully saturated rings. The largest absolute Gasteiger partial charge is 0.416 e. The Labute approximate surface area is 129 Å². The number of halogens is 4. The Balaban J connectivity index is 2.30. The molecule has 118 valence electrons. The van der Waals surface area contributed by atoms with Crippen molar-refractivity contribution in [2.24, 2.45) is 0 Å². The normalized spacial score (nSPS) is 11.5. The first kappa shape index (κ1) is 16.4. The number of alkyl halides is 3. The Morgan fingerprint density at radius 2 is 2.09 bits per heavy atom. The number of nitrogens with one attached hydrogen (secondary N) is 1. The number of aromatic nitrogens is 2. The van der Waals surface area contributed by atoms with E-state index in [0.29, 0.717) is 12.2 Å². The summed E-state index contributed by atoms with van der Waals surface area (Å²) in [6, 6.07) is 4.40. The van der Waals surface area contributed by atoms with Crippen molar-refractivity contribution in [2.75, 3.05) is 5.32 Å².